The fourth-order valence-corrected chi connectivity index (χ4v) is 1.31. The summed E-state index contributed by atoms with van der Waals surface area (Å²) in [6, 6.07) is 3.42. The summed E-state index contributed by atoms with van der Waals surface area (Å²) < 4.78 is 4.88. The number of ether oxygens (including phenoxy) is 1. The second kappa shape index (κ2) is 7.21. The first-order chi connectivity index (χ1) is 8.59. The molecule has 0 unspecified atom stereocenters. The van der Waals surface area contributed by atoms with Crippen molar-refractivity contribution in [2.45, 2.75) is 19.8 Å². The molecule has 0 aliphatic rings. The van der Waals surface area contributed by atoms with E-state index in [2.05, 4.69) is 4.98 Å². The van der Waals surface area contributed by atoms with E-state index < -0.39 is 5.97 Å². The van der Waals surface area contributed by atoms with Crippen molar-refractivity contribution in [1.29, 1.82) is 0 Å². The van der Waals surface area contributed by atoms with Gasteiger partial charge in [-0.25, -0.2) is 4.79 Å². The molecule has 2 N–H and O–H groups in total. The number of ketones is 1. The molecule has 96 valence electrons. The Morgan fingerprint density at radius 1 is 1.50 bits per heavy atom. The third-order valence-electron chi connectivity index (χ3n) is 2.12. The normalized spacial score (nSPS) is 11.1. The Kier molecular flexibility index (Phi) is 5.57. The standard InChI is InChI=1S/C13H16N2O3/c1-10(14)8-13(17)18-7-3-5-12(16)11-4-2-6-15-9-11/h2,4,6,8-9H,3,5,7,14H2,1H3/b10-8-. The van der Waals surface area contributed by atoms with Crippen LogP contribution in [0.2, 0.25) is 0 Å². The second-order valence-electron chi connectivity index (χ2n) is 3.82. The molecule has 5 nitrogen and oxygen atoms in total. The van der Waals surface area contributed by atoms with Crippen LogP contribution in [0.4, 0.5) is 0 Å². The van der Waals surface area contributed by atoms with Crippen molar-refractivity contribution in [2.24, 2.45) is 5.73 Å². The average Bonchev–Trinajstić information content (AvgIpc) is 2.34. The van der Waals surface area contributed by atoms with Crippen molar-refractivity contribution < 1.29 is 14.3 Å². The molecule has 0 fully saturated rings. The summed E-state index contributed by atoms with van der Waals surface area (Å²) in [7, 11) is 0. The minimum atomic E-state index is -0.483. The van der Waals surface area contributed by atoms with Crippen molar-refractivity contribution in [3.05, 3.63) is 41.9 Å². The lowest BCUT2D eigenvalue weighted by atomic mass is 10.1. The molecule has 0 radical (unpaired) electrons. The van der Waals surface area contributed by atoms with Crippen molar-refractivity contribution >= 4 is 11.8 Å². The Morgan fingerprint density at radius 3 is 2.89 bits per heavy atom. The third-order valence-corrected chi connectivity index (χ3v) is 2.12. The quantitative estimate of drug-likeness (QED) is 0.356. The molecule has 0 aliphatic carbocycles. The highest BCUT2D eigenvalue weighted by Gasteiger charge is 2.05. The first-order valence-corrected chi connectivity index (χ1v) is 5.63. The molecule has 18 heavy (non-hydrogen) atoms. The molecule has 1 heterocycles. The van der Waals surface area contributed by atoms with E-state index in [-0.39, 0.29) is 12.4 Å². The van der Waals surface area contributed by atoms with Gasteiger partial charge in [-0.3, -0.25) is 9.78 Å². The largest absolute Gasteiger partial charge is 0.462 e. The van der Waals surface area contributed by atoms with Gasteiger partial charge in [0.2, 0.25) is 0 Å². The average molecular weight is 248 g/mol. The van der Waals surface area contributed by atoms with Crippen molar-refractivity contribution in [1.82, 2.24) is 4.98 Å². The molecule has 0 saturated carbocycles. The van der Waals surface area contributed by atoms with Crippen LogP contribution in [0.25, 0.3) is 0 Å². The van der Waals surface area contributed by atoms with Gasteiger partial charge >= 0.3 is 5.97 Å². The summed E-state index contributed by atoms with van der Waals surface area (Å²) in [6.07, 6.45) is 5.15. The van der Waals surface area contributed by atoms with Crippen LogP contribution in [0.15, 0.2) is 36.3 Å². The Bertz CT molecular complexity index is 437. The fourth-order valence-electron chi connectivity index (χ4n) is 1.31. The Hall–Kier alpha value is -2.17. The summed E-state index contributed by atoms with van der Waals surface area (Å²) >= 11 is 0. The fraction of sp³-hybridized carbons (Fsp3) is 0.308. The number of pyridine rings is 1. The molecule has 0 spiro atoms. The number of allylic oxidation sites excluding steroid dienone is 1. The molecule has 0 amide bonds. The van der Waals surface area contributed by atoms with Crippen LogP contribution < -0.4 is 5.73 Å². The first kappa shape index (κ1) is 13.9. The molecule has 0 aromatic carbocycles. The number of Topliss-reactive ketones (excluding diaryl/α,β-unsaturated/α-hetero) is 1. The number of esters is 1. The van der Waals surface area contributed by atoms with Gasteiger partial charge in [0.25, 0.3) is 0 Å². The molecule has 1 aromatic heterocycles. The molecule has 0 aliphatic heterocycles. The lowest BCUT2D eigenvalue weighted by Crippen LogP contribution is -2.07. The summed E-state index contributed by atoms with van der Waals surface area (Å²) in [6.45, 7) is 1.81. The zero-order valence-corrected chi connectivity index (χ0v) is 10.3. The van der Waals surface area contributed by atoms with Crippen LogP contribution in [-0.4, -0.2) is 23.3 Å². The zero-order chi connectivity index (χ0) is 13.4. The van der Waals surface area contributed by atoms with E-state index in [1.807, 2.05) is 0 Å². The van der Waals surface area contributed by atoms with Crippen molar-refractivity contribution in [3.8, 4) is 0 Å². The summed E-state index contributed by atoms with van der Waals surface area (Å²) in [5.74, 6) is -0.492. The van der Waals surface area contributed by atoms with Crippen LogP contribution in [0, 0.1) is 0 Å². The third kappa shape index (κ3) is 5.25. The predicted octanol–water partition coefficient (Wildman–Crippen LogP) is 1.45. The van der Waals surface area contributed by atoms with Gasteiger partial charge in [-0.2, -0.15) is 0 Å². The number of hydrogen-bond acceptors (Lipinski definition) is 5. The maximum Gasteiger partial charge on any atom is 0.332 e. The van der Waals surface area contributed by atoms with Crippen LogP contribution in [0.1, 0.15) is 30.1 Å². The molecule has 1 aromatic rings. The molecular formula is C13H16N2O3. The first-order valence-electron chi connectivity index (χ1n) is 5.63. The Labute approximate surface area is 106 Å². The SMILES string of the molecule is C/C(N)=C/C(=O)OCCCC(=O)c1cccnc1. The van der Waals surface area contributed by atoms with Crippen LogP contribution in [-0.2, 0) is 9.53 Å². The van der Waals surface area contributed by atoms with E-state index in [0.717, 1.165) is 0 Å². The monoisotopic (exact) mass is 248 g/mol. The van der Waals surface area contributed by atoms with Crippen LogP contribution >= 0.6 is 0 Å². The van der Waals surface area contributed by atoms with Gasteiger partial charge in [-0.1, -0.05) is 0 Å². The van der Waals surface area contributed by atoms with Gasteiger partial charge in [0.15, 0.2) is 5.78 Å². The van der Waals surface area contributed by atoms with Crippen LogP contribution in [0.3, 0.4) is 0 Å². The smallest absolute Gasteiger partial charge is 0.332 e. The number of nitrogens with zero attached hydrogens (tertiary/aromatic N) is 1. The lowest BCUT2D eigenvalue weighted by molar-refractivity contribution is -0.137. The Morgan fingerprint density at radius 2 is 2.28 bits per heavy atom. The number of rotatable bonds is 6. The van der Waals surface area contributed by atoms with Gasteiger partial charge in [0.05, 0.1) is 6.61 Å². The minimum absolute atomic E-state index is 0.00954. The van der Waals surface area contributed by atoms with Gasteiger partial charge in [-0.15, -0.1) is 0 Å². The lowest BCUT2D eigenvalue weighted by Gasteiger charge is -2.02. The molecule has 1 rings (SSSR count). The number of nitrogens with two attached hydrogens (primary N) is 1. The number of carbonyl (C=O) groups is 2. The Balaban J connectivity index is 2.25. The molecule has 5 heteroatoms. The summed E-state index contributed by atoms with van der Waals surface area (Å²) in [4.78, 5) is 26.6. The second-order valence-corrected chi connectivity index (χ2v) is 3.82. The van der Waals surface area contributed by atoms with E-state index in [0.29, 0.717) is 24.1 Å². The highest BCUT2D eigenvalue weighted by Crippen LogP contribution is 2.03. The van der Waals surface area contributed by atoms with Crippen molar-refractivity contribution in [2.75, 3.05) is 6.61 Å². The van der Waals surface area contributed by atoms with Crippen molar-refractivity contribution in [3.63, 3.8) is 0 Å². The number of aromatic nitrogens is 1. The summed E-state index contributed by atoms with van der Waals surface area (Å²) in [5.41, 5.74) is 6.29. The summed E-state index contributed by atoms with van der Waals surface area (Å²) in [5, 5.41) is 0. The number of hydrogen-bond donors (Lipinski definition) is 1. The van der Waals surface area contributed by atoms with Gasteiger partial charge < -0.3 is 10.5 Å². The van der Waals surface area contributed by atoms with E-state index >= 15 is 0 Å². The van der Waals surface area contributed by atoms with E-state index in [4.69, 9.17) is 10.5 Å². The highest BCUT2D eigenvalue weighted by molar-refractivity contribution is 5.95. The topological polar surface area (TPSA) is 82.3 Å². The molecule has 0 atom stereocenters. The molecular weight excluding hydrogens is 232 g/mol. The molecule has 0 saturated heterocycles. The zero-order valence-electron chi connectivity index (χ0n) is 10.3. The molecule has 0 bridgehead atoms. The van der Waals surface area contributed by atoms with E-state index in [1.165, 1.54) is 12.3 Å². The van der Waals surface area contributed by atoms with Crippen LogP contribution in [0.5, 0.6) is 0 Å². The van der Waals surface area contributed by atoms with Gasteiger partial charge in [-0.05, 0) is 25.5 Å². The minimum Gasteiger partial charge on any atom is -0.462 e. The maximum absolute atomic E-state index is 11.7. The predicted molar refractivity (Wildman–Crippen MR) is 66.7 cm³/mol. The maximum atomic E-state index is 11.7. The number of carbonyl (C=O) groups excluding carboxylic acids is 2. The van der Waals surface area contributed by atoms with Gasteiger partial charge in [0, 0.05) is 36.2 Å². The highest BCUT2D eigenvalue weighted by atomic mass is 16.5. The van der Waals surface area contributed by atoms with E-state index in [9.17, 15) is 9.59 Å². The van der Waals surface area contributed by atoms with Gasteiger partial charge in [0.1, 0.15) is 0 Å². The van der Waals surface area contributed by atoms with E-state index in [1.54, 1.807) is 25.3 Å².